The second-order valence-electron chi connectivity index (χ2n) is 8.36. The van der Waals surface area contributed by atoms with Crippen molar-refractivity contribution in [2.45, 2.75) is 148 Å². The highest BCUT2D eigenvalue weighted by atomic mass is 35.5. The Morgan fingerprint density at radius 2 is 0.821 bits per heavy atom. The van der Waals surface area contributed by atoms with Crippen molar-refractivity contribution in [3.63, 3.8) is 0 Å². The standard InChI is InChI=1S/C24H48O3.ClH/c1-2-3-4-5-6-7-8-9-10-11-12-13-14-15-16-17-18-19-20-21-22-23(25)24(26)27;/h23,25H,2-22H2,1H3,(H,26,27);1H. The minimum Gasteiger partial charge on any atom is -0.479 e. The highest BCUT2D eigenvalue weighted by Gasteiger charge is 2.11. The minimum atomic E-state index is -1.17. The molecule has 0 aliphatic heterocycles. The van der Waals surface area contributed by atoms with Crippen molar-refractivity contribution < 1.29 is 15.0 Å². The van der Waals surface area contributed by atoms with Crippen molar-refractivity contribution in [2.24, 2.45) is 0 Å². The van der Waals surface area contributed by atoms with Crippen LogP contribution in [-0.4, -0.2) is 22.3 Å². The molecule has 1 unspecified atom stereocenters. The molecule has 2 N–H and O–H groups in total. The molecule has 0 aliphatic carbocycles. The van der Waals surface area contributed by atoms with Gasteiger partial charge in [-0.2, -0.15) is 0 Å². The second-order valence-corrected chi connectivity index (χ2v) is 8.36. The van der Waals surface area contributed by atoms with E-state index in [4.69, 9.17) is 5.11 Å². The fourth-order valence-corrected chi connectivity index (χ4v) is 3.72. The fourth-order valence-electron chi connectivity index (χ4n) is 3.72. The van der Waals surface area contributed by atoms with E-state index in [1.165, 1.54) is 116 Å². The molecule has 1 atom stereocenters. The lowest BCUT2D eigenvalue weighted by Gasteiger charge is -2.05. The van der Waals surface area contributed by atoms with Crippen LogP contribution < -0.4 is 0 Å². The number of rotatable bonds is 22. The smallest absolute Gasteiger partial charge is 0.332 e. The summed E-state index contributed by atoms with van der Waals surface area (Å²) in [4.78, 5) is 10.5. The Morgan fingerprint density at radius 3 is 1.07 bits per heavy atom. The molecule has 4 heteroatoms. The van der Waals surface area contributed by atoms with Crippen molar-refractivity contribution in [1.82, 2.24) is 0 Å². The number of carboxylic acids is 1. The van der Waals surface area contributed by atoms with Crippen molar-refractivity contribution in [1.29, 1.82) is 0 Å². The van der Waals surface area contributed by atoms with Crippen LogP contribution in [0.15, 0.2) is 0 Å². The van der Waals surface area contributed by atoms with Crippen molar-refractivity contribution in [2.75, 3.05) is 0 Å². The lowest BCUT2D eigenvalue weighted by Crippen LogP contribution is -2.18. The third kappa shape index (κ3) is 23.8. The molecule has 0 aromatic carbocycles. The summed E-state index contributed by atoms with van der Waals surface area (Å²) in [7, 11) is 0. The lowest BCUT2D eigenvalue weighted by molar-refractivity contribution is -0.146. The van der Waals surface area contributed by atoms with Gasteiger partial charge in [0, 0.05) is 0 Å². The summed E-state index contributed by atoms with van der Waals surface area (Å²) < 4.78 is 0. The predicted molar refractivity (Wildman–Crippen MR) is 124 cm³/mol. The SMILES string of the molecule is CCCCCCCCCCCCCCCCCCCCCCC(O)C(=O)O.Cl. The first-order chi connectivity index (χ1) is 13.2. The van der Waals surface area contributed by atoms with E-state index in [2.05, 4.69) is 6.92 Å². The molecular formula is C24H49ClO3. The lowest BCUT2D eigenvalue weighted by atomic mass is 10.0. The van der Waals surface area contributed by atoms with Crippen LogP contribution in [0.5, 0.6) is 0 Å². The maximum absolute atomic E-state index is 10.5. The molecule has 0 aromatic heterocycles. The molecule has 0 heterocycles. The van der Waals surface area contributed by atoms with Crippen LogP contribution in [0.1, 0.15) is 142 Å². The third-order valence-electron chi connectivity index (χ3n) is 5.62. The molecule has 0 rings (SSSR count). The van der Waals surface area contributed by atoms with Gasteiger partial charge in [0.1, 0.15) is 0 Å². The monoisotopic (exact) mass is 420 g/mol. The van der Waals surface area contributed by atoms with Crippen molar-refractivity contribution in [3.05, 3.63) is 0 Å². The normalized spacial score (nSPS) is 11.9. The van der Waals surface area contributed by atoms with E-state index in [-0.39, 0.29) is 12.4 Å². The first-order valence-electron chi connectivity index (χ1n) is 12.1. The summed E-state index contributed by atoms with van der Waals surface area (Å²) in [6.07, 6.45) is 26.1. The molecule has 0 saturated carbocycles. The molecule has 0 saturated heterocycles. The minimum absolute atomic E-state index is 0. The van der Waals surface area contributed by atoms with E-state index in [1.54, 1.807) is 0 Å². The fraction of sp³-hybridized carbons (Fsp3) is 0.958. The first-order valence-corrected chi connectivity index (χ1v) is 12.1. The number of hydrogen-bond donors (Lipinski definition) is 2. The van der Waals surface area contributed by atoms with Gasteiger partial charge >= 0.3 is 5.97 Å². The van der Waals surface area contributed by atoms with Crippen LogP contribution in [0.25, 0.3) is 0 Å². The van der Waals surface area contributed by atoms with Crippen LogP contribution in [0, 0.1) is 0 Å². The molecule has 3 nitrogen and oxygen atoms in total. The van der Waals surface area contributed by atoms with Crippen molar-refractivity contribution in [3.8, 4) is 0 Å². The Kier molecular flexibility index (Phi) is 26.5. The molecule has 0 fully saturated rings. The maximum Gasteiger partial charge on any atom is 0.332 e. The number of aliphatic hydroxyl groups is 1. The van der Waals surface area contributed by atoms with Crippen LogP contribution in [0.4, 0.5) is 0 Å². The number of aliphatic carboxylic acids is 1. The Hall–Kier alpha value is -0.280. The van der Waals surface area contributed by atoms with E-state index in [0.717, 1.165) is 12.8 Å². The highest BCUT2D eigenvalue weighted by molar-refractivity contribution is 5.85. The third-order valence-corrected chi connectivity index (χ3v) is 5.62. The molecule has 0 spiro atoms. The molecular weight excluding hydrogens is 372 g/mol. The molecule has 0 radical (unpaired) electrons. The van der Waals surface area contributed by atoms with Gasteiger partial charge < -0.3 is 10.2 Å². The van der Waals surface area contributed by atoms with Crippen LogP contribution in [0.2, 0.25) is 0 Å². The molecule has 0 aromatic rings. The predicted octanol–water partition coefficient (Wildman–Crippen LogP) is 8.07. The van der Waals surface area contributed by atoms with Crippen LogP contribution in [0.3, 0.4) is 0 Å². The molecule has 28 heavy (non-hydrogen) atoms. The molecule has 0 aliphatic rings. The Balaban J connectivity index is 0. The number of unbranched alkanes of at least 4 members (excludes halogenated alkanes) is 19. The summed E-state index contributed by atoms with van der Waals surface area (Å²) in [6, 6.07) is 0. The van der Waals surface area contributed by atoms with E-state index < -0.39 is 12.1 Å². The molecule has 0 amide bonds. The summed E-state index contributed by atoms with van der Waals surface area (Å²) >= 11 is 0. The van der Waals surface area contributed by atoms with Crippen molar-refractivity contribution >= 4 is 18.4 Å². The number of carboxylic acid groups (broad SMARTS) is 1. The van der Waals surface area contributed by atoms with Gasteiger partial charge in [0.2, 0.25) is 0 Å². The van der Waals surface area contributed by atoms with Gasteiger partial charge in [0.15, 0.2) is 6.10 Å². The highest BCUT2D eigenvalue weighted by Crippen LogP contribution is 2.15. The van der Waals surface area contributed by atoms with Gasteiger partial charge in [-0.25, -0.2) is 4.79 Å². The van der Waals surface area contributed by atoms with E-state index >= 15 is 0 Å². The summed E-state index contributed by atoms with van der Waals surface area (Å²) in [5, 5.41) is 17.8. The van der Waals surface area contributed by atoms with E-state index in [1.807, 2.05) is 0 Å². The van der Waals surface area contributed by atoms with Gasteiger partial charge in [-0.15, -0.1) is 12.4 Å². The zero-order valence-electron chi connectivity index (χ0n) is 18.6. The maximum atomic E-state index is 10.5. The number of carbonyl (C=O) groups is 1. The van der Waals surface area contributed by atoms with Gasteiger partial charge in [-0.1, -0.05) is 135 Å². The topological polar surface area (TPSA) is 57.5 Å². The number of aliphatic hydroxyl groups excluding tert-OH is 1. The summed E-state index contributed by atoms with van der Waals surface area (Å²) in [5.74, 6) is -1.09. The van der Waals surface area contributed by atoms with E-state index in [9.17, 15) is 9.90 Å². The van der Waals surface area contributed by atoms with Gasteiger partial charge in [-0.05, 0) is 6.42 Å². The zero-order valence-corrected chi connectivity index (χ0v) is 19.5. The average molecular weight is 421 g/mol. The summed E-state index contributed by atoms with van der Waals surface area (Å²) in [5.41, 5.74) is 0. The zero-order chi connectivity index (χ0) is 20.0. The number of halogens is 1. The molecule has 0 bridgehead atoms. The quantitative estimate of drug-likeness (QED) is 0.174. The first kappa shape index (κ1) is 29.9. The van der Waals surface area contributed by atoms with Gasteiger partial charge in [0.05, 0.1) is 0 Å². The van der Waals surface area contributed by atoms with Crippen LogP contribution in [-0.2, 0) is 4.79 Å². The Labute approximate surface area is 181 Å². The molecule has 170 valence electrons. The van der Waals surface area contributed by atoms with Gasteiger partial charge in [-0.3, -0.25) is 0 Å². The second kappa shape index (κ2) is 24.8. The largest absolute Gasteiger partial charge is 0.479 e. The Bertz CT molecular complexity index is 310. The van der Waals surface area contributed by atoms with Crippen LogP contribution >= 0.6 is 12.4 Å². The average Bonchev–Trinajstić information content (AvgIpc) is 2.66. The van der Waals surface area contributed by atoms with Gasteiger partial charge in [0.25, 0.3) is 0 Å². The summed E-state index contributed by atoms with van der Waals surface area (Å²) in [6.45, 7) is 2.28. The van der Waals surface area contributed by atoms with E-state index in [0.29, 0.717) is 6.42 Å². The Morgan fingerprint density at radius 1 is 0.571 bits per heavy atom. The number of hydrogen-bond acceptors (Lipinski definition) is 2.